The van der Waals surface area contributed by atoms with Gasteiger partial charge in [-0.1, -0.05) is 0 Å². The third-order valence-electron chi connectivity index (χ3n) is 6.04. The van der Waals surface area contributed by atoms with E-state index in [4.69, 9.17) is 14.2 Å². The predicted molar refractivity (Wildman–Crippen MR) is 134 cm³/mol. The molecule has 0 atom stereocenters. The number of likely N-dealkylation sites (tertiary alicyclic amines) is 1. The van der Waals surface area contributed by atoms with Gasteiger partial charge >= 0.3 is 0 Å². The molecule has 3 amide bonds. The van der Waals surface area contributed by atoms with Crippen molar-refractivity contribution in [3.63, 3.8) is 0 Å². The van der Waals surface area contributed by atoms with Crippen molar-refractivity contribution in [2.24, 2.45) is 0 Å². The first kappa shape index (κ1) is 24.7. The van der Waals surface area contributed by atoms with Crippen LogP contribution in [0, 0.1) is 0 Å². The van der Waals surface area contributed by atoms with Gasteiger partial charge in [0, 0.05) is 41.4 Å². The Hall–Kier alpha value is -3.40. The van der Waals surface area contributed by atoms with E-state index in [1.165, 1.54) is 38.0 Å². The van der Waals surface area contributed by atoms with E-state index in [1.54, 1.807) is 24.3 Å². The molecule has 10 heteroatoms. The third kappa shape index (κ3) is 5.32. The van der Waals surface area contributed by atoms with E-state index < -0.39 is 5.91 Å². The van der Waals surface area contributed by atoms with Gasteiger partial charge in [0.2, 0.25) is 17.6 Å². The number of ether oxygens (including phenoxy) is 3. The first-order valence-electron chi connectivity index (χ1n) is 11.4. The second kappa shape index (κ2) is 10.9. The standard InChI is InChI=1S/C25H29N3O6S/c1-32-19-12-17(13-20(33-2)24(19)34-3)26-22(29)14-28-18-11-16(7-8-21(18)35-15-23(28)30)25(31)27-9-5-4-6-10-27/h7-8,11-13H,4-6,9-10,14-15H2,1-3H3,(H,26,29). The summed E-state index contributed by atoms with van der Waals surface area (Å²) >= 11 is 1.41. The molecule has 35 heavy (non-hydrogen) atoms. The van der Waals surface area contributed by atoms with Crippen molar-refractivity contribution in [3.05, 3.63) is 35.9 Å². The zero-order valence-corrected chi connectivity index (χ0v) is 20.9. The van der Waals surface area contributed by atoms with Crippen LogP contribution in [0.2, 0.25) is 0 Å². The van der Waals surface area contributed by atoms with E-state index >= 15 is 0 Å². The molecule has 2 aliphatic heterocycles. The van der Waals surface area contributed by atoms with Crippen LogP contribution in [-0.4, -0.2) is 69.3 Å². The number of hydrogen-bond acceptors (Lipinski definition) is 7. The number of carbonyl (C=O) groups excluding carboxylic acids is 3. The number of nitrogens with zero attached hydrogens (tertiary/aromatic N) is 2. The van der Waals surface area contributed by atoms with Gasteiger partial charge in [0.1, 0.15) is 6.54 Å². The molecule has 0 spiro atoms. The number of methoxy groups -OCH3 is 3. The van der Waals surface area contributed by atoms with E-state index in [1.807, 2.05) is 11.0 Å². The number of thioether (sulfide) groups is 1. The van der Waals surface area contributed by atoms with Gasteiger partial charge in [-0.25, -0.2) is 0 Å². The van der Waals surface area contributed by atoms with Gasteiger partial charge in [-0.2, -0.15) is 0 Å². The lowest BCUT2D eigenvalue weighted by molar-refractivity contribution is -0.120. The Morgan fingerprint density at radius 1 is 0.971 bits per heavy atom. The minimum Gasteiger partial charge on any atom is -0.493 e. The highest BCUT2D eigenvalue weighted by Gasteiger charge is 2.29. The van der Waals surface area contributed by atoms with Gasteiger partial charge in [0.05, 0.1) is 32.8 Å². The van der Waals surface area contributed by atoms with E-state index in [0.717, 1.165) is 37.2 Å². The quantitative estimate of drug-likeness (QED) is 0.624. The maximum atomic E-state index is 13.0. The van der Waals surface area contributed by atoms with E-state index in [-0.39, 0.29) is 24.1 Å². The van der Waals surface area contributed by atoms with E-state index in [2.05, 4.69) is 5.32 Å². The maximum Gasteiger partial charge on any atom is 0.253 e. The molecule has 2 aromatic carbocycles. The Labute approximate surface area is 208 Å². The second-order valence-electron chi connectivity index (χ2n) is 8.27. The number of carbonyl (C=O) groups is 3. The van der Waals surface area contributed by atoms with Crippen molar-refractivity contribution in [2.75, 3.05) is 56.9 Å². The first-order valence-corrected chi connectivity index (χ1v) is 12.4. The number of nitrogens with one attached hydrogen (secondary N) is 1. The topological polar surface area (TPSA) is 97.4 Å². The molecule has 0 bridgehead atoms. The summed E-state index contributed by atoms with van der Waals surface area (Å²) in [6, 6.07) is 8.62. The van der Waals surface area contributed by atoms with Crippen LogP contribution < -0.4 is 24.4 Å². The number of rotatable bonds is 7. The molecule has 9 nitrogen and oxygen atoms in total. The van der Waals surface area contributed by atoms with Crippen molar-refractivity contribution in [1.82, 2.24) is 4.90 Å². The molecule has 1 N–H and O–H groups in total. The van der Waals surface area contributed by atoms with Crippen molar-refractivity contribution in [3.8, 4) is 17.2 Å². The number of amides is 3. The normalized spacial score (nSPS) is 15.3. The summed E-state index contributed by atoms with van der Waals surface area (Å²) in [5, 5.41) is 2.80. The van der Waals surface area contributed by atoms with Crippen LogP contribution in [0.4, 0.5) is 11.4 Å². The number of benzene rings is 2. The first-order chi connectivity index (χ1) is 16.9. The van der Waals surface area contributed by atoms with Gasteiger partial charge in [0.15, 0.2) is 11.5 Å². The summed E-state index contributed by atoms with van der Waals surface area (Å²) in [6.07, 6.45) is 3.13. The van der Waals surface area contributed by atoms with Crippen LogP contribution >= 0.6 is 11.8 Å². The summed E-state index contributed by atoms with van der Waals surface area (Å²) in [5.41, 5.74) is 1.54. The highest BCUT2D eigenvalue weighted by Crippen LogP contribution is 2.40. The summed E-state index contributed by atoms with van der Waals surface area (Å²) in [4.78, 5) is 42.9. The van der Waals surface area contributed by atoms with Crippen molar-refractivity contribution in [2.45, 2.75) is 24.2 Å². The Balaban J connectivity index is 1.54. The molecule has 0 radical (unpaired) electrons. The number of piperidine rings is 1. The minimum atomic E-state index is -0.391. The van der Waals surface area contributed by atoms with Crippen molar-refractivity contribution < 1.29 is 28.6 Å². The van der Waals surface area contributed by atoms with Crippen LogP contribution in [0.5, 0.6) is 17.2 Å². The molecule has 2 aromatic rings. The summed E-state index contributed by atoms with van der Waals surface area (Å²) < 4.78 is 16.0. The molecular weight excluding hydrogens is 470 g/mol. The highest BCUT2D eigenvalue weighted by molar-refractivity contribution is 8.00. The molecule has 1 fully saturated rings. The highest BCUT2D eigenvalue weighted by atomic mass is 32.2. The lowest BCUT2D eigenvalue weighted by Gasteiger charge is -2.30. The molecule has 4 rings (SSSR count). The number of anilines is 2. The maximum absolute atomic E-state index is 13.0. The van der Waals surface area contributed by atoms with Crippen LogP contribution in [0.1, 0.15) is 29.6 Å². The molecule has 0 unspecified atom stereocenters. The zero-order chi connectivity index (χ0) is 24.9. The van der Waals surface area contributed by atoms with Crippen LogP contribution in [-0.2, 0) is 9.59 Å². The number of hydrogen-bond donors (Lipinski definition) is 1. The fourth-order valence-electron chi connectivity index (χ4n) is 4.29. The SMILES string of the molecule is COc1cc(NC(=O)CN2C(=O)CSc3ccc(C(=O)N4CCCCC4)cc32)cc(OC)c1OC. The predicted octanol–water partition coefficient (Wildman–Crippen LogP) is 3.42. The lowest BCUT2D eigenvalue weighted by atomic mass is 10.1. The van der Waals surface area contributed by atoms with E-state index in [9.17, 15) is 14.4 Å². The molecule has 0 aliphatic carbocycles. The summed E-state index contributed by atoms with van der Waals surface area (Å²) in [5.74, 6) is 0.818. The van der Waals surface area contributed by atoms with E-state index in [0.29, 0.717) is 34.2 Å². The van der Waals surface area contributed by atoms with Crippen LogP contribution in [0.25, 0.3) is 0 Å². The minimum absolute atomic E-state index is 0.0441. The van der Waals surface area contributed by atoms with Gasteiger partial charge in [-0.05, 0) is 37.5 Å². The Morgan fingerprint density at radius 2 is 1.66 bits per heavy atom. The fourth-order valence-corrected chi connectivity index (χ4v) is 5.20. The zero-order valence-electron chi connectivity index (χ0n) is 20.1. The van der Waals surface area contributed by atoms with Crippen LogP contribution in [0.3, 0.4) is 0 Å². The Kier molecular flexibility index (Phi) is 7.70. The Morgan fingerprint density at radius 3 is 2.29 bits per heavy atom. The second-order valence-corrected chi connectivity index (χ2v) is 9.28. The molecule has 0 saturated carbocycles. The monoisotopic (exact) mass is 499 g/mol. The van der Waals surface area contributed by atoms with Gasteiger partial charge in [-0.15, -0.1) is 11.8 Å². The summed E-state index contributed by atoms with van der Waals surface area (Å²) in [6.45, 7) is 1.29. The van der Waals surface area contributed by atoms with Crippen LogP contribution in [0.15, 0.2) is 35.2 Å². The molecule has 2 heterocycles. The Bertz CT molecular complexity index is 1110. The molecular formula is C25H29N3O6S. The molecule has 2 aliphatic rings. The van der Waals surface area contributed by atoms with Crippen molar-refractivity contribution in [1.29, 1.82) is 0 Å². The summed E-state index contributed by atoms with van der Waals surface area (Å²) in [7, 11) is 4.49. The van der Waals surface area contributed by atoms with Crippen molar-refractivity contribution >= 4 is 40.9 Å². The number of fused-ring (bicyclic) bond motifs is 1. The lowest BCUT2D eigenvalue weighted by Crippen LogP contribution is -2.41. The van der Waals surface area contributed by atoms with Gasteiger partial charge < -0.3 is 29.3 Å². The molecule has 186 valence electrons. The molecule has 0 aromatic heterocycles. The third-order valence-corrected chi connectivity index (χ3v) is 7.09. The average Bonchev–Trinajstić information content (AvgIpc) is 2.89. The fraction of sp³-hybridized carbons (Fsp3) is 0.400. The largest absolute Gasteiger partial charge is 0.493 e. The van der Waals surface area contributed by atoms with Gasteiger partial charge in [0.25, 0.3) is 5.91 Å². The van der Waals surface area contributed by atoms with Gasteiger partial charge in [-0.3, -0.25) is 14.4 Å². The smallest absolute Gasteiger partial charge is 0.253 e. The molecule has 1 saturated heterocycles. The average molecular weight is 500 g/mol.